The number of benzene rings is 4. The molecule has 0 spiro atoms. The number of carbonyl (C=O) groups excluding carboxylic acids is 1. The van der Waals surface area contributed by atoms with Crippen molar-refractivity contribution in [1.29, 1.82) is 0 Å². The number of ether oxygens (including phenoxy) is 2. The number of hydrogen-bond acceptors (Lipinski definition) is 3. The number of carbonyl (C=O) groups is 1. The van der Waals surface area contributed by atoms with Crippen LogP contribution in [0, 0.1) is 0 Å². The summed E-state index contributed by atoms with van der Waals surface area (Å²) in [5.74, 6) is 0.974. The van der Waals surface area contributed by atoms with Crippen molar-refractivity contribution in [1.82, 2.24) is 4.90 Å². The summed E-state index contributed by atoms with van der Waals surface area (Å²) in [6.07, 6.45) is 7.10. The van der Waals surface area contributed by atoms with Gasteiger partial charge in [-0.15, -0.1) is 0 Å². The molecule has 1 aliphatic carbocycles. The summed E-state index contributed by atoms with van der Waals surface area (Å²) >= 11 is 0. The van der Waals surface area contributed by atoms with Gasteiger partial charge in [0.1, 0.15) is 19.0 Å². The van der Waals surface area contributed by atoms with E-state index in [9.17, 15) is 4.79 Å². The summed E-state index contributed by atoms with van der Waals surface area (Å²) in [4.78, 5) is 15.6. The molecule has 2 heterocycles. The molecule has 2 bridgehead atoms. The van der Waals surface area contributed by atoms with Crippen molar-refractivity contribution in [3.63, 3.8) is 0 Å². The molecular formula is C37H35NO3. The number of rotatable bonds is 7. The van der Waals surface area contributed by atoms with Crippen LogP contribution in [0.3, 0.4) is 0 Å². The molecule has 2 aliphatic heterocycles. The van der Waals surface area contributed by atoms with Crippen LogP contribution >= 0.6 is 0 Å². The van der Waals surface area contributed by atoms with Gasteiger partial charge in [-0.3, -0.25) is 4.90 Å². The molecule has 2 unspecified atom stereocenters. The van der Waals surface area contributed by atoms with Gasteiger partial charge in [-0.05, 0) is 77.6 Å². The lowest BCUT2D eigenvalue weighted by Gasteiger charge is -2.44. The highest BCUT2D eigenvalue weighted by Crippen LogP contribution is 2.45. The Balaban J connectivity index is 1.02. The summed E-state index contributed by atoms with van der Waals surface area (Å²) in [6, 6.07) is 36.0. The first kappa shape index (κ1) is 25.6. The number of piperidine rings is 1. The number of amides is 1. The number of fused-ring (bicyclic) bond motifs is 5. The SMILES string of the molecule is O=C(OCC1c2ccccc2-c2ccccc21)N1C2C=C(Cc3cccc(OCc4ccccc4)c3)CC1CCC2. The first-order valence-corrected chi connectivity index (χ1v) is 14.8. The van der Waals surface area contributed by atoms with Crippen molar-refractivity contribution in [2.45, 2.75) is 56.7 Å². The molecule has 4 aromatic rings. The van der Waals surface area contributed by atoms with E-state index in [1.165, 1.54) is 33.4 Å². The highest BCUT2D eigenvalue weighted by molar-refractivity contribution is 5.79. The van der Waals surface area contributed by atoms with E-state index in [0.717, 1.165) is 43.4 Å². The van der Waals surface area contributed by atoms with E-state index in [-0.39, 0.29) is 24.1 Å². The van der Waals surface area contributed by atoms with Gasteiger partial charge in [0.15, 0.2) is 0 Å². The van der Waals surface area contributed by atoms with Crippen LogP contribution in [0.4, 0.5) is 4.79 Å². The zero-order valence-corrected chi connectivity index (χ0v) is 23.2. The monoisotopic (exact) mass is 541 g/mol. The third-order valence-electron chi connectivity index (χ3n) is 8.84. The summed E-state index contributed by atoms with van der Waals surface area (Å²) in [5, 5.41) is 0. The molecule has 1 amide bonds. The molecule has 0 aromatic heterocycles. The van der Waals surface area contributed by atoms with E-state index in [4.69, 9.17) is 9.47 Å². The third kappa shape index (κ3) is 5.27. The van der Waals surface area contributed by atoms with E-state index in [2.05, 4.69) is 84.9 Å². The lowest BCUT2D eigenvalue weighted by atomic mass is 9.83. The van der Waals surface area contributed by atoms with Gasteiger partial charge in [-0.25, -0.2) is 4.79 Å². The van der Waals surface area contributed by atoms with Crippen LogP contribution in [0.5, 0.6) is 5.75 Å². The Kier molecular flexibility index (Phi) is 7.06. The predicted molar refractivity (Wildman–Crippen MR) is 162 cm³/mol. The third-order valence-corrected chi connectivity index (χ3v) is 8.84. The molecule has 7 rings (SSSR count). The standard InChI is InChI=1S/C37H35NO3/c39-37(41-25-36-34-18-6-4-16-32(34)33-17-5-7-19-35(33)36)38-29-13-9-14-30(38)22-28(21-29)20-27-12-8-15-31(23-27)40-24-26-10-2-1-3-11-26/h1-8,10-12,15-19,21,23,29-30,36H,9,13-14,20,22,24-25H2. The molecule has 0 saturated carbocycles. The molecule has 4 nitrogen and oxygen atoms in total. The van der Waals surface area contributed by atoms with Crippen LogP contribution in [-0.4, -0.2) is 29.7 Å². The normalized spacial score (nSPS) is 19.2. The molecule has 206 valence electrons. The van der Waals surface area contributed by atoms with Crippen molar-refractivity contribution < 1.29 is 14.3 Å². The highest BCUT2D eigenvalue weighted by atomic mass is 16.6. The van der Waals surface area contributed by atoms with Gasteiger partial charge in [0, 0.05) is 12.0 Å². The predicted octanol–water partition coefficient (Wildman–Crippen LogP) is 8.31. The maximum absolute atomic E-state index is 13.5. The molecule has 1 fully saturated rings. The zero-order chi connectivity index (χ0) is 27.6. The van der Waals surface area contributed by atoms with Crippen LogP contribution in [-0.2, 0) is 17.8 Å². The minimum atomic E-state index is -0.173. The summed E-state index contributed by atoms with van der Waals surface area (Å²) in [7, 11) is 0. The summed E-state index contributed by atoms with van der Waals surface area (Å²) in [5.41, 5.74) is 8.81. The van der Waals surface area contributed by atoms with Gasteiger partial charge in [0.25, 0.3) is 0 Å². The quantitative estimate of drug-likeness (QED) is 0.221. The van der Waals surface area contributed by atoms with Crippen LogP contribution in [0.1, 0.15) is 53.9 Å². The Labute approximate surface area is 242 Å². The lowest BCUT2D eigenvalue weighted by molar-refractivity contribution is 0.0509. The largest absolute Gasteiger partial charge is 0.489 e. The maximum Gasteiger partial charge on any atom is 0.410 e. The second-order valence-corrected chi connectivity index (χ2v) is 11.5. The Morgan fingerprint density at radius 3 is 2.24 bits per heavy atom. The van der Waals surface area contributed by atoms with E-state index in [0.29, 0.717) is 13.2 Å². The molecule has 0 radical (unpaired) electrons. The first-order valence-electron chi connectivity index (χ1n) is 14.8. The summed E-state index contributed by atoms with van der Waals surface area (Å²) in [6.45, 7) is 0.932. The maximum atomic E-state index is 13.5. The van der Waals surface area contributed by atoms with Crippen LogP contribution in [0.2, 0.25) is 0 Å². The van der Waals surface area contributed by atoms with Gasteiger partial charge < -0.3 is 9.47 Å². The smallest absolute Gasteiger partial charge is 0.410 e. The number of hydrogen-bond donors (Lipinski definition) is 0. The van der Waals surface area contributed by atoms with Crippen molar-refractivity contribution in [3.8, 4) is 16.9 Å². The van der Waals surface area contributed by atoms with Crippen molar-refractivity contribution in [2.24, 2.45) is 0 Å². The second-order valence-electron chi connectivity index (χ2n) is 11.5. The zero-order valence-electron chi connectivity index (χ0n) is 23.2. The number of nitrogens with zero attached hydrogens (tertiary/aromatic N) is 1. The van der Waals surface area contributed by atoms with Gasteiger partial charge >= 0.3 is 6.09 Å². The van der Waals surface area contributed by atoms with Gasteiger partial charge in [0.2, 0.25) is 0 Å². The lowest BCUT2D eigenvalue weighted by Crippen LogP contribution is -2.52. The van der Waals surface area contributed by atoms with Gasteiger partial charge in [-0.1, -0.05) is 103 Å². The van der Waals surface area contributed by atoms with Gasteiger partial charge in [-0.2, -0.15) is 0 Å². The van der Waals surface area contributed by atoms with Gasteiger partial charge in [0.05, 0.1) is 6.04 Å². The van der Waals surface area contributed by atoms with Crippen molar-refractivity contribution in [3.05, 3.63) is 137 Å². The van der Waals surface area contributed by atoms with E-state index in [1.54, 1.807) is 0 Å². The first-order chi connectivity index (χ1) is 20.2. The fourth-order valence-corrected chi connectivity index (χ4v) is 6.95. The minimum absolute atomic E-state index is 0.0819. The topological polar surface area (TPSA) is 38.8 Å². The Morgan fingerprint density at radius 2 is 1.49 bits per heavy atom. The van der Waals surface area contributed by atoms with E-state index in [1.807, 2.05) is 29.2 Å². The van der Waals surface area contributed by atoms with Crippen LogP contribution < -0.4 is 4.74 Å². The Bertz CT molecular complexity index is 1530. The minimum Gasteiger partial charge on any atom is -0.489 e. The molecule has 3 aliphatic rings. The van der Waals surface area contributed by atoms with Crippen LogP contribution in [0.25, 0.3) is 11.1 Å². The van der Waals surface area contributed by atoms with Crippen molar-refractivity contribution in [2.75, 3.05) is 6.61 Å². The Hall–Kier alpha value is -4.31. The van der Waals surface area contributed by atoms with Crippen LogP contribution in [0.15, 0.2) is 115 Å². The average Bonchev–Trinajstić information content (AvgIpc) is 3.33. The molecule has 4 heteroatoms. The summed E-state index contributed by atoms with van der Waals surface area (Å²) < 4.78 is 12.2. The molecular weight excluding hydrogens is 506 g/mol. The Morgan fingerprint density at radius 1 is 0.780 bits per heavy atom. The van der Waals surface area contributed by atoms with Crippen molar-refractivity contribution >= 4 is 6.09 Å². The fraction of sp³-hybridized carbons (Fsp3) is 0.270. The molecule has 4 aromatic carbocycles. The molecule has 0 N–H and O–H groups in total. The molecule has 1 saturated heterocycles. The molecule has 41 heavy (non-hydrogen) atoms. The average molecular weight is 542 g/mol. The fourth-order valence-electron chi connectivity index (χ4n) is 6.95. The van der Waals surface area contributed by atoms with E-state index >= 15 is 0 Å². The second kappa shape index (κ2) is 11.3. The molecule has 2 atom stereocenters. The van der Waals surface area contributed by atoms with E-state index < -0.39 is 0 Å². The highest BCUT2D eigenvalue weighted by Gasteiger charge is 2.38.